The van der Waals surface area contributed by atoms with Crippen molar-refractivity contribution in [1.29, 1.82) is 0 Å². The zero-order valence-corrected chi connectivity index (χ0v) is 29.6. The summed E-state index contributed by atoms with van der Waals surface area (Å²) in [5, 5.41) is 3.64. The monoisotopic (exact) mass is 677 g/mol. The van der Waals surface area contributed by atoms with Crippen LogP contribution in [-0.4, -0.2) is 14.1 Å². The average Bonchev–Trinajstić information content (AvgIpc) is 3.81. The molecule has 0 saturated heterocycles. The molecular weight excluding hydrogens is 643 g/mol. The van der Waals surface area contributed by atoms with Crippen LogP contribution in [0.1, 0.15) is 25.0 Å². The van der Waals surface area contributed by atoms with Gasteiger partial charge in [-0.15, -0.1) is 0 Å². The molecule has 0 bridgehead atoms. The molecule has 0 radical (unpaired) electrons. The molecule has 7 aromatic carbocycles. The number of rotatable bonds is 4. The van der Waals surface area contributed by atoms with Crippen molar-refractivity contribution in [2.75, 3.05) is 0 Å². The van der Waals surface area contributed by atoms with Crippen LogP contribution >= 0.6 is 0 Å². The highest BCUT2D eigenvalue weighted by molar-refractivity contribution is 6.12. The molecule has 0 N–H and O–H groups in total. The summed E-state index contributed by atoms with van der Waals surface area (Å²) in [7, 11) is 0. The van der Waals surface area contributed by atoms with Crippen LogP contribution in [0.15, 0.2) is 176 Å². The van der Waals surface area contributed by atoms with Crippen LogP contribution in [0.4, 0.5) is 0 Å². The van der Waals surface area contributed by atoms with Gasteiger partial charge in [0.1, 0.15) is 0 Å². The number of hydrogen-bond acceptors (Lipinski definition) is 1. The quantitative estimate of drug-likeness (QED) is 0.182. The summed E-state index contributed by atoms with van der Waals surface area (Å²) in [5.41, 5.74) is 18.2. The molecular formula is C50H35N3. The van der Waals surface area contributed by atoms with E-state index in [1.165, 1.54) is 66.3 Å². The maximum atomic E-state index is 4.96. The predicted molar refractivity (Wildman–Crippen MR) is 221 cm³/mol. The lowest BCUT2D eigenvalue weighted by Gasteiger charge is -2.22. The summed E-state index contributed by atoms with van der Waals surface area (Å²) >= 11 is 0. The highest BCUT2D eigenvalue weighted by atomic mass is 15.0. The van der Waals surface area contributed by atoms with Crippen molar-refractivity contribution in [1.82, 2.24) is 14.1 Å². The number of pyridine rings is 1. The molecule has 0 fully saturated rings. The van der Waals surface area contributed by atoms with E-state index in [4.69, 9.17) is 4.98 Å². The van der Waals surface area contributed by atoms with Crippen molar-refractivity contribution >= 4 is 43.7 Å². The van der Waals surface area contributed by atoms with Gasteiger partial charge in [-0.1, -0.05) is 117 Å². The molecule has 3 heterocycles. The molecule has 0 unspecified atom stereocenters. The molecule has 0 aliphatic heterocycles. The van der Waals surface area contributed by atoms with Gasteiger partial charge in [-0.05, 0) is 111 Å². The second kappa shape index (κ2) is 11.1. The van der Waals surface area contributed by atoms with Gasteiger partial charge in [0.25, 0.3) is 0 Å². The van der Waals surface area contributed by atoms with Crippen molar-refractivity contribution in [2.45, 2.75) is 19.3 Å². The Labute approximate surface area is 308 Å². The van der Waals surface area contributed by atoms with Gasteiger partial charge in [0.2, 0.25) is 0 Å². The van der Waals surface area contributed by atoms with Gasteiger partial charge in [0.05, 0.1) is 27.6 Å². The molecule has 3 nitrogen and oxygen atoms in total. The average molecular weight is 678 g/mol. The van der Waals surface area contributed by atoms with Crippen LogP contribution < -0.4 is 0 Å². The molecule has 11 rings (SSSR count). The number of fused-ring (bicyclic) bond motifs is 9. The van der Waals surface area contributed by atoms with E-state index >= 15 is 0 Å². The molecule has 53 heavy (non-hydrogen) atoms. The standard InChI is InChI=1S/C50H35N3/c1-50(2)43-18-8-6-16-38(43)39-24-23-37(31-44(39)50)53-47-26-22-35(30-42(47)49-48(53)20-11-27-51-49)34-21-25-46-41(29-34)40-17-7-9-19-45(40)52(46)36-15-10-14-33(28-36)32-12-4-3-5-13-32/h3-31H,1-2H3. The first-order chi connectivity index (χ1) is 26.0. The zero-order valence-electron chi connectivity index (χ0n) is 29.6. The van der Waals surface area contributed by atoms with Gasteiger partial charge in [-0.25, -0.2) is 0 Å². The lowest BCUT2D eigenvalue weighted by molar-refractivity contribution is 0.660. The van der Waals surface area contributed by atoms with Gasteiger partial charge in [0, 0.05) is 39.1 Å². The van der Waals surface area contributed by atoms with E-state index in [9.17, 15) is 0 Å². The summed E-state index contributed by atoms with van der Waals surface area (Å²) < 4.78 is 4.79. The maximum absolute atomic E-state index is 4.96. The summed E-state index contributed by atoms with van der Waals surface area (Å²) in [5.74, 6) is 0. The van der Waals surface area contributed by atoms with Gasteiger partial charge >= 0.3 is 0 Å². The third kappa shape index (κ3) is 4.37. The largest absolute Gasteiger partial charge is 0.309 e. The molecule has 3 aromatic heterocycles. The topological polar surface area (TPSA) is 22.8 Å². The van der Waals surface area contributed by atoms with E-state index in [1.807, 2.05) is 12.3 Å². The van der Waals surface area contributed by atoms with Crippen LogP contribution in [0, 0.1) is 0 Å². The van der Waals surface area contributed by atoms with E-state index in [0.29, 0.717) is 0 Å². The Morgan fingerprint density at radius 2 is 1.02 bits per heavy atom. The Kier molecular flexibility index (Phi) is 6.30. The maximum Gasteiger partial charge on any atom is 0.0963 e. The van der Waals surface area contributed by atoms with Gasteiger partial charge in [-0.3, -0.25) is 4.98 Å². The lowest BCUT2D eigenvalue weighted by Crippen LogP contribution is -2.15. The van der Waals surface area contributed by atoms with Crippen molar-refractivity contribution < 1.29 is 0 Å². The minimum Gasteiger partial charge on any atom is -0.309 e. The molecule has 1 aliphatic rings. The minimum atomic E-state index is -0.0709. The summed E-state index contributed by atoms with van der Waals surface area (Å²) in [6, 6.07) is 62.1. The van der Waals surface area contributed by atoms with E-state index in [2.05, 4.69) is 187 Å². The van der Waals surface area contributed by atoms with Crippen LogP contribution in [0.25, 0.3) is 88.5 Å². The fraction of sp³-hybridized carbons (Fsp3) is 0.0600. The molecule has 0 spiro atoms. The number of benzene rings is 7. The van der Waals surface area contributed by atoms with Crippen LogP contribution in [0.5, 0.6) is 0 Å². The lowest BCUT2D eigenvalue weighted by atomic mass is 9.82. The fourth-order valence-corrected chi connectivity index (χ4v) is 9.01. The molecule has 250 valence electrons. The number of para-hydroxylation sites is 1. The van der Waals surface area contributed by atoms with Crippen LogP contribution in [-0.2, 0) is 5.41 Å². The van der Waals surface area contributed by atoms with E-state index in [1.54, 1.807) is 0 Å². The Morgan fingerprint density at radius 3 is 1.89 bits per heavy atom. The highest BCUT2D eigenvalue weighted by Gasteiger charge is 2.35. The van der Waals surface area contributed by atoms with Gasteiger partial charge in [-0.2, -0.15) is 0 Å². The fourth-order valence-electron chi connectivity index (χ4n) is 9.01. The molecule has 0 atom stereocenters. The highest BCUT2D eigenvalue weighted by Crippen LogP contribution is 2.49. The molecule has 3 heteroatoms. The molecule has 0 saturated carbocycles. The first-order valence-corrected chi connectivity index (χ1v) is 18.4. The Bertz CT molecular complexity index is 3090. The Hall–Kier alpha value is -6.71. The van der Waals surface area contributed by atoms with E-state index in [-0.39, 0.29) is 5.41 Å². The van der Waals surface area contributed by atoms with Crippen LogP contribution in [0.3, 0.4) is 0 Å². The third-order valence-corrected chi connectivity index (χ3v) is 11.6. The van der Waals surface area contributed by atoms with E-state index in [0.717, 1.165) is 33.3 Å². The first kappa shape index (κ1) is 30.0. The van der Waals surface area contributed by atoms with Crippen molar-refractivity contribution in [2.24, 2.45) is 0 Å². The van der Waals surface area contributed by atoms with Crippen molar-refractivity contribution in [3.63, 3.8) is 0 Å². The minimum absolute atomic E-state index is 0.0709. The van der Waals surface area contributed by atoms with Gasteiger partial charge in [0.15, 0.2) is 0 Å². The molecule has 0 amide bonds. The predicted octanol–water partition coefficient (Wildman–Crippen LogP) is 12.9. The van der Waals surface area contributed by atoms with Gasteiger partial charge < -0.3 is 9.13 Å². The Morgan fingerprint density at radius 1 is 0.396 bits per heavy atom. The van der Waals surface area contributed by atoms with Crippen LogP contribution in [0.2, 0.25) is 0 Å². The summed E-state index contributed by atoms with van der Waals surface area (Å²) in [4.78, 5) is 4.96. The third-order valence-electron chi connectivity index (χ3n) is 11.6. The number of nitrogens with zero attached hydrogens (tertiary/aromatic N) is 3. The molecule has 1 aliphatic carbocycles. The zero-order chi connectivity index (χ0) is 35.3. The first-order valence-electron chi connectivity index (χ1n) is 18.4. The SMILES string of the molecule is CC1(C)c2ccccc2-c2ccc(-n3c4ccc(-c5ccc6c(c5)c5ccccc5n6-c5cccc(-c6ccccc6)c5)cc4c4ncccc43)cc21. The van der Waals surface area contributed by atoms with Crippen molar-refractivity contribution in [3.8, 4) is 44.8 Å². The summed E-state index contributed by atoms with van der Waals surface area (Å²) in [6.07, 6.45) is 1.91. The van der Waals surface area contributed by atoms with Crippen molar-refractivity contribution in [3.05, 3.63) is 187 Å². The second-order valence-corrected chi connectivity index (χ2v) is 14.8. The van der Waals surface area contributed by atoms with E-state index < -0.39 is 0 Å². The normalized spacial score (nSPS) is 13.2. The molecule has 10 aromatic rings. The Balaban J connectivity index is 1.06. The summed E-state index contributed by atoms with van der Waals surface area (Å²) in [6.45, 7) is 4.69. The number of hydrogen-bond donors (Lipinski definition) is 0. The second-order valence-electron chi connectivity index (χ2n) is 14.8. The smallest absolute Gasteiger partial charge is 0.0963 e. The number of aromatic nitrogens is 3.